The van der Waals surface area contributed by atoms with Crippen molar-refractivity contribution in [3.8, 4) is 0 Å². The standard InChI is InChI=1S/C11H20O3/c1-8(2)4-11(3,10(12)13)5-9-6-14-7-9/h8-9H,4-7H2,1-3H3,(H,12,13). The van der Waals surface area contributed by atoms with E-state index < -0.39 is 11.4 Å². The van der Waals surface area contributed by atoms with E-state index in [-0.39, 0.29) is 0 Å². The third kappa shape index (κ3) is 2.71. The minimum Gasteiger partial charge on any atom is -0.481 e. The molecule has 1 saturated heterocycles. The van der Waals surface area contributed by atoms with Crippen LogP contribution in [-0.4, -0.2) is 24.3 Å². The quantitative estimate of drug-likeness (QED) is 0.739. The molecule has 0 bridgehead atoms. The first-order valence-corrected chi connectivity index (χ1v) is 5.25. The summed E-state index contributed by atoms with van der Waals surface area (Å²) in [6, 6.07) is 0. The van der Waals surface area contributed by atoms with E-state index in [0.717, 1.165) is 26.1 Å². The van der Waals surface area contributed by atoms with Crippen molar-refractivity contribution in [2.75, 3.05) is 13.2 Å². The number of hydrogen-bond donors (Lipinski definition) is 1. The van der Waals surface area contributed by atoms with Gasteiger partial charge in [-0.2, -0.15) is 0 Å². The summed E-state index contributed by atoms with van der Waals surface area (Å²) in [5.41, 5.74) is -0.567. The van der Waals surface area contributed by atoms with Crippen molar-refractivity contribution < 1.29 is 14.6 Å². The highest BCUT2D eigenvalue weighted by Gasteiger charge is 2.38. The van der Waals surface area contributed by atoms with Gasteiger partial charge in [-0.25, -0.2) is 0 Å². The Morgan fingerprint density at radius 2 is 2.14 bits per heavy atom. The zero-order valence-electron chi connectivity index (χ0n) is 9.25. The van der Waals surface area contributed by atoms with E-state index in [9.17, 15) is 9.90 Å². The summed E-state index contributed by atoms with van der Waals surface area (Å²) < 4.78 is 5.07. The molecule has 1 unspecified atom stereocenters. The van der Waals surface area contributed by atoms with Crippen LogP contribution in [0, 0.1) is 17.3 Å². The van der Waals surface area contributed by atoms with Crippen molar-refractivity contribution in [2.45, 2.75) is 33.6 Å². The molecule has 1 aliphatic heterocycles. The fourth-order valence-corrected chi connectivity index (χ4v) is 2.20. The van der Waals surface area contributed by atoms with Gasteiger partial charge in [0.1, 0.15) is 0 Å². The molecule has 1 fully saturated rings. The molecule has 1 N–H and O–H groups in total. The first kappa shape index (κ1) is 11.5. The fourth-order valence-electron chi connectivity index (χ4n) is 2.20. The number of hydrogen-bond acceptors (Lipinski definition) is 2. The Morgan fingerprint density at radius 1 is 1.57 bits per heavy atom. The van der Waals surface area contributed by atoms with E-state index in [4.69, 9.17) is 4.74 Å². The maximum Gasteiger partial charge on any atom is 0.309 e. The first-order valence-electron chi connectivity index (χ1n) is 5.25. The van der Waals surface area contributed by atoms with E-state index in [1.165, 1.54) is 0 Å². The maximum absolute atomic E-state index is 11.2. The zero-order chi connectivity index (χ0) is 10.8. The van der Waals surface area contributed by atoms with Crippen LogP contribution in [0.4, 0.5) is 0 Å². The number of aliphatic carboxylic acids is 1. The summed E-state index contributed by atoms with van der Waals surface area (Å²) in [7, 11) is 0. The fraction of sp³-hybridized carbons (Fsp3) is 0.909. The molecule has 3 heteroatoms. The van der Waals surface area contributed by atoms with E-state index in [1.807, 2.05) is 6.92 Å². The van der Waals surface area contributed by atoms with E-state index in [0.29, 0.717) is 11.8 Å². The van der Waals surface area contributed by atoms with Crippen LogP contribution in [0.5, 0.6) is 0 Å². The molecular weight excluding hydrogens is 180 g/mol. The van der Waals surface area contributed by atoms with Gasteiger partial charge in [0.05, 0.1) is 18.6 Å². The normalized spacial score (nSPS) is 21.7. The number of carbonyl (C=O) groups is 1. The molecule has 0 aromatic heterocycles. The highest BCUT2D eigenvalue weighted by atomic mass is 16.5. The van der Waals surface area contributed by atoms with Crippen LogP contribution in [0.1, 0.15) is 33.6 Å². The molecule has 82 valence electrons. The molecule has 1 rings (SSSR count). The van der Waals surface area contributed by atoms with Gasteiger partial charge in [-0.3, -0.25) is 4.79 Å². The van der Waals surface area contributed by atoms with Crippen LogP contribution in [0.3, 0.4) is 0 Å². The molecule has 14 heavy (non-hydrogen) atoms. The molecule has 3 nitrogen and oxygen atoms in total. The van der Waals surface area contributed by atoms with Gasteiger partial charge in [-0.15, -0.1) is 0 Å². The predicted molar refractivity (Wildman–Crippen MR) is 54.1 cm³/mol. The summed E-state index contributed by atoms with van der Waals surface area (Å²) in [4.78, 5) is 11.2. The van der Waals surface area contributed by atoms with Gasteiger partial charge in [0.2, 0.25) is 0 Å². The first-order chi connectivity index (χ1) is 6.44. The SMILES string of the molecule is CC(C)CC(C)(CC1COC1)C(=O)O. The summed E-state index contributed by atoms with van der Waals surface area (Å²) in [6.07, 6.45) is 1.50. The Labute approximate surface area is 85.5 Å². The monoisotopic (exact) mass is 200 g/mol. The second kappa shape index (κ2) is 4.30. The number of ether oxygens (including phenoxy) is 1. The third-order valence-corrected chi connectivity index (χ3v) is 2.82. The molecule has 0 radical (unpaired) electrons. The lowest BCUT2D eigenvalue weighted by atomic mass is 9.75. The smallest absolute Gasteiger partial charge is 0.309 e. The Morgan fingerprint density at radius 3 is 2.43 bits per heavy atom. The van der Waals surface area contributed by atoms with Crippen LogP contribution >= 0.6 is 0 Å². The maximum atomic E-state index is 11.2. The zero-order valence-corrected chi connectivity index (χ0v) is 9.25. The molecule has 0 aliphatic carbocycles. The highest BCUT2D eigenvalue weighted by Crippen LogP contribution is 2.35. The molecule has 0 spiro atoms. The average Bonchev–Trinajstić information content (AvgIpc) is 1.95. The second-order valence-electron chi connectivity index (χ2n) is 5.07. The molecular formula is C11H20O3. The Kier molecular flexibility index (Phi) is 3.53. The lowest BCUT2D eigenvalue weighted by molar-refractivity contribution is -0.153. The van der Waals surface area contributed by atoms with Crippen molar-refractivity contribution in [1.82, 2.24) is 0 Å². The Hall–Kier alpha value is -0.570. The summed E-state index contributed by atoms with van der Waals surface area (Å²) >= 11 is 0. The Bertz CT molecular complexity index is 209. The molecule has 1 heterocycles. The molecule has 0 amide bonds. The van der Waals surface area contributed by atoms with Crippen molar-refractivity contribution in [2.24, 2.45) is 17.3 Å². The van der Waals surface area contributed by atoms with Crippen LogP contribution in [-0.2, 0) is 9.53 Å². The number of carboxylic acids is 1. The van der Waals surface area contributed by atoms with Crippen LogP contribution in [0.15, 0.2) is 0 Å². The summed E-state index contributed by atoms with van der Waals surface area (Å²) in [6.45, 7) is 7.46. The topological polar surface area (TPSA) is 46.5 Å². The minimum atomic E-state index is -0.668. The third-order valence-electron chi connectivity index (χ3n) is 2.82. The van der Waals surface area contributed by atoms with Gasteiger partial charge in [-0.05, 0) is 25.7 Å². The van der Waals surface area contributed by atoms with Crippen molar-refractivity contribution >= 4 is 5.97 Å². The van der Waals surface area contributed by atoms with Gasteiger partial charge in [0.25, 0.3) is 0 Å². The molecule has 1 aliphatic rings. The van der Waals surface area contributed by atoms with Gasteiger partial charge in [0, 0.05) is 5.92 Å². The number of carboxylic acid groups (broad SMARTS) is 1. The molecule has 1 atom stereocenters. The van der Waals surface area contributed by atoms with E-state index in [2.05, 4.69) is 13.8 Å². The van der Waals surface area contributed by atoms with E-state index in [1.54, 1.807) is 0 Å². The lowest BCUT2D eigenvalue weighted by Gasteiger charge is -2.35. The summed E-state index contributed by atoms with van der Waals surface area (Å²) in [5, 5.41) is 9.21. The largest absolute Gasteiger partial charge is 0.481 e. The summed E-state index contributed by atoms with van der Waals surface area (Å²) in [5.74, 6) is 0.213. The van der Waals surface area contributed by atoms with Crippen LogP contribution < -0.4 is 0 Å². The van der Waals surface area contributed by atoms with Crippen molar-refractivity contribution in [3.05, 3.63) is 0 Å². The van der Waals surface area contributed by atoms with Gasteiger partial charge < -0.3 is 9.84 Å². The van der Waals surface area contributed by atoms with E-state index >= 15 is 0 Å². The molecule has 0 aromatic rings. The molecule has 0 aromatic carbocycles. The van der Waals surface area contributed by atoms with Crippen LogP contribution in [0.2, 0.25) is 0 Å². The van der Waals surface area contributed by atoms with Crippen molar-refractivity contribution in [3.63, 3.8) is 0 Å². The van der Waals surface area contributed by atoms with Gasteiger partial charge in [0.15, 0.2) is 0 Å². The highest BCUT2D eigenvalue weighted by molar-refractivity contribution is 5.74. The van der Waals surface area contributed by atoms with Crippen LogP contribution in [0.25, 0.3) is 0 Å². The predicted octanol–water partition coefficient (Wildman–Crippen LogP) is 2.16. The van der Waals surface area contributed by atoms with Gasteiger partial charge in [-0.1, -0.05) is 13.8 Å². The minimum absolute atomic E-state index is 0.428. The second-order valence-corrected chi connectivity index (χ2v) is 5.07. The van der Waals surface area contributed by atoms with Crippen molar-refractivity contribution in [1.29, 1.82) is 0 Å². The van der Waals surface area contributed by atoms with Gasteiger partial charge >= 0.3 is 5.97 Å². The molecule has 0 saturated carbocycles. The lowest BCUT2D eigenvalue weighted by Crippen LogP contribution is -2.38. The number of rotatable bonds is 5. The Balaban J connectivity index is 2.55. The average molecular weight is 200 g/mol.